The number of amides is 3. The van der Waals surface area contributed by atoms with Crippen molar-refractivity contribution in [2.45, 2.75) is 57.8 Å². The Morgan fingerprint density at radius 2 is 1.97 bits per heavy atom. The average Bonchev–Trinajstić information content (AvgIpc) is 3.39. The minimum atomic E-state index is -0.665. The second-order valence-electron chi connectivity index (χ2n) is 10.2. The summed E-state index contributed by atoms with van der Waals surface area (Å²) in [4.78, 5) is 45.2. The van der Waals surface area contributed by atoms with Gasteiger partial charge in [-0.05, 0) is 68.6 Å². The van der Waals surface area contributed by atoms with E-state index in [-0.39, 0.29) is 24.2 Å². The minimum Gasteiger partial charge on any atom is -0.390 e. The van der Waals surface area contributed by atoms with Crippen LogP contribution in [0.2, 0.25) is 0 Å². The zero-order valence-electron chi connectivity index (χ0n) is 19.6. The van der Waals surface area contributed by atoms with E-state index in [0.717, 1.165) is 48.4 Å². The first kappa shape index (κ1) is 22.7. The highest BCUT2D eigenvalue weighted by Crippen LogP contribution is 2.32. The molecule has 1 unspecified atom stereocenters. The lowest BCUT2D eigenvalue weighted by molar-refractivity contribution is -0.136. The molecule has 8 nitrogen and oxygen atoms in total. The normalized spacial score (nSPS) is 23.4. The van der Waals surface area contributed by atoms with E-state index in [1.807, 2.05) is 44.3 Å². The molecule has 1 aromatic carbocycles. The summed E-state index contributed by atoms with van der Waals surface area (Å²) in [6.45, 7) is 6.74. The maximum absolute atomic E-state index is 12.9. The number of imide groups is 1. The molecule has 2 saturated heterocycles. The number of fused-ring (bicyclic) bond motifs is 1. The molecule has 2 aromatic rings. The zero-order valence-corrected chi connectivity index (χ0v) is 19.6. The molecule has 2 N–H and O–H groups in total. The van der Waals surface area contributed by atoms with Crippen LogP contribution in [0.15, 0.2) is 36.5 Å². The van der Waals surface area contributed by atoms with Crippen molar-refractivity contribution in [2.24, 2.45) is 5.92 Å². The number of benzene rings is 1. The summed E-state index contributed by atoms with van der Waals surface area (Å²) in [7, 11) is 0. The van der Waals surface area contributed by atoms with E-state index in [4.69, 9.17) is 0 Å². The molecule has 178 valence electrons. The standard InChI is InChI=1S/C26H30N4O4/c1-26(2,34)19-8-10-29(15-19)13-16-7-9-27-21(11-16)17-3-4-20-18(12-17)14-30(25(20)33)22-5-6-23(31)28-24(22)32/h3-4,7,9,11-12,19,22,34H,5-6,8,10,13-15H2,1-2H3,(H,28,31,32)/t19-,22?/m1/s1. The number of piperidine rings is 1. The van der Waals surface area contributed by atoms with Crippen LogP contribution in [0, 0.1) is 5.92 Å². The monoisotopic (exact) mass is 462 g/mol. The van der Waals surface area contributed by atoms with E-state index in [0.29, 0.717) is 18.5 Å². The number of pyridine rings is 1. The van der Waals surface area contributed by atoms with Gasteiger partial charge < -0.3 is 10.0 Å². The lowest BCUT2D eigenvalue weighted by atomic mass is 9.90. The van der Waals surface area contributed by atoms with Crippen molar-refractivity contribution < 1.29 is 19.5 Å². The molecule has 0 aliphatic carbocycles. The molecule has 3 aliphatic rings. The number of carbonyl (C=O) groups excluding carboxylic acids is 3. The second-order valence-corrected chi connectivity index (χ2v) is 10.2. The summed E-state index contributed by atoms with van der Waals surface area (Å²) in [6, 6.07) is 9.16. The van der Waals surface area contributed by atoms with E-state index < -0.39 is 17.6 Å². The van der Waals surface area contributed by atoms with Crippen LogP contribution in [0.4, 0.5) is 0 Å². The number of nitrogens with zero attached hydrogens (tertiary/aromatic N) is 3. The van der Waals surface area contributed by atoms with Crippen LogP contribution in [-0.4, -0.2) is 62.3 Å². The maximum Gasteiger partial charge on any atom is 0.255 e. The molecule has 1 aromatic heterocycles. The van der Waals surface area contributed by atoms with Crippen LogP contribution in [0.3, 0.4) is 0 Å². The summed E-state index contributed by atoms with van der Waals surface area (Å²) in [5.41, 5.74) is 3.72. The van der Waals surface area contributed by atoms with Crippen molar-refractivity contribution in [2.75, 3.05) is 13.1 Å². The number of nitrogens with one attached hydrogen (secondary N) is 1. The predicted octanol–water partition coefficient (Wildman–Crippen LogP) is 2.10. The molecule has 3 amide bonds. The maximum atomic E-state index is 12.9. The van der Waals surface area contributed by atoms with Crippen LogP contribution >= 0.6 is 0 Å². The van der Waals surface area contributed by atoms with Gasteiger partial charge >= 0.3 is 0 Å². The summed E-state index contributed by atoms with van der Waals surface area (Å²) in [5, 5.41) is 12.7. The molecule has 2 fully saturated rings. The van der Waals surface area contributed by atoms with Gasteiger partial charge in [0.05, 0.1) is 11.3 Å². The molecule has 8 heteroatoms. The fourth-order valence-corrected chi connectivity index (χ4v) is 5.28. The van der Waals surface area contributed by atoms with Crippen LogP contribution in [-0.2, 0) is 22.7 Å². The number of hydrogen-bond donors (Lipinski definition) is 2. The Labute approximate surface area is 199 Å². The van der Waals surface area contributed by atoms with E-state index in [2.05, 4.69) is 21.3 Å². The van der Waals surface area contributed by atoms with Crippen molar-refractivity contribution in [1.29, 1.82) is 0 Å². The van der Waals surface area contributed by atoms with Gasteiger partial charge in [0, 0.05) is 49.3 Å². The minimum absolute atomic E-state index is 0.173. The fraction of sp³-hybridized carbons (Fsp3) is 0.462. The topological polar surface area (TPSA) is 103 Å². The van der Waals surface area contributed by atoms with Gasteiger partial charge in [0.15, 0.2) is 0 Å². The second kappa shape index (κ2) is 8.60. The summed E-state index contributed by atoms with van der Waals surface area (Å²) in [6.07, 6.45) is 3.39. The number of carbonyl (C=O) groups is 3. The van der Waals surface area contributed by atoms with E-state index in [1.54, 1.807) is 4.90 Å². The SMILES string of the molecule is CC(C)(O)[C@@H]1CCN(Cc2ccnc(-c3ccc4c(c3)CN(C3CCC(=O)NC3=O)C4=O)c2)C1. The van der Waals surface area contributed by atoms with Crippen molar-refractivity contribution in [1.82, 2.24) is 20.1 Å². The van der Waals surface area contributed by atoms with Gasteiger partial charge in [0.1, 0.15) is 6.04 Å². The third-order valence-electron chi connectivity index (χ3n) is 7.32. The molecule has 0 saturated carbocycles. The van der Waals surface area contributed by atoms with Gasteiger partial charge in [-0.3, -0.25) is 29.6 Å². The van der Waals surface area contributed by atoms with Crippen molar-refractivity contribution >= 4 is 17.7 Å². The van der Waals surface area contributed by atoms with Crippen molar-refractivity contribution in [3.05, 3.63) is 53.2 Å². The van der Waals surface area contributed by atoms with Crippen LogP contribution in [0.25, 0.3) is 11.3 Å². The summed E-state index contributed by atoms with van der Waals surface area (Å²) in [5.74, 6) is -0.590. The Morgan fingerprint density at radius 1 is 1.15 bits per heavy atom. The van der Waals surface area contributed by atoms with Crippen LogP contribution in [0.1, 0.15) is 54.6 Å². The summed E-state index contributed by atoms with van der Waals surface area (Å²) >= 11 is 0. The van der Waals surface area contributed by atoms with Crippen LogP contribution in [0.5, 0.6) is 0 Å². The Bertz CT molecular complexity index is 1160. The third kappa shape index (κ3) is 4.35. The van der Waals surface area contributed by atoms with E-state index in [1.165, 1.54) is 0 Å². The highest BCUT2D eigenvalue weighted by atomic mass is 16.3. The molecular weight excluding hydrogens is 432 g/mol. The van der Waals surface area contributed by atoms with E-state index >= 15 is 0 Å². The lowest BCUT2D eigenvalue weighted by Crippen LogP contribution is -2.52. The first-order valence-corrected chi connectivity index (χ1v) is 11.9. The molecule has 5 rings (SSSR count). The summed E-state index contributed by atoms with van der Waals surface area (Å²) < 4.78 is 0. The number of rotatable bonds is 5. The molecule has 4 heterocycles. The molecule has 0 bridgehead atoms. The Balaban J connectivity index is 1.31. The zero-order chi connectivity index (χ0) is 24.0. The first-order valence-electron chi connectivity index (χ1n) is 11.9. The fourth-order valence-electron chi connectivity index (χ4n) is 5.28. The van der Waals surface area contributed by atoms with E-state index in [9.17, 15) is 19.5 Å². The number of aromatic nitrogens is 1. The number of aliphatic hydroxyl groups is 1. The molecule has 34 heavy (non-hydrogen) atoms. The number of hydrogen-bond acceptors (Lipinski definition) is 6. The highest BCUT2D eigenvalue weighted by Gasteiger charge is 2.39. The van der Waals surface area contributed by atoms with Gasteiger partial charge in [-0.25, -0.2) is 0 Å². The molecular formula is C26H30N4O4. The molecule has 0 radical (unpaired) electrons. The smallest absolute Gasteiger partial charge is 0.255 e. The van der Waals surface area contributed by atoms with Gasteiger partial charge in [-0.1, -0.05) is 6.07 Å². The van der Waals surface area contributed by atoms with Crippen LogP contribution < -0.4 is 5.32 Å². The Hall–Kier alpha value is -3.10. The highest BCUT2D eigenvalue weighted by molar-refractivity contribution is 6.05. The molecule has 0 spiro atoms. The number of likely N-dealkylation sites (tertiary alicyclic amines) is 1. The van der Waals surface area contributed by atoms with Crippen molar-refractivity contribution in [3.63, 3.8) is 0 Å². The average molecular weight is 463 g/mol. The quantitative estimate of drug-likeness (QED) is 0.660. The largest absolute Gasteiger partial charge is 0.390 e. The van der Waals surface area contributed by atoms with Gasteiger partial charge in [-0.2, -0.15) is 0 Å². The van der Waals surface area contributed by atoms with Gasteiger partial charge in [0.2, 0.25) is 11.8 Å². The van der Waals surface area contributed by atoms with Gasteiger partial charge in [0.25, 0.3) is 5.91 Å². The Kier molecular flexibility index (Phi) is 5.73. The molecule has 2 atom stereocenters. The Morgan fingerprint density at radius 3 is 2.71 bits per heavy atom. The lowest BCUT2D eigenvalue weighted by Gasteiger charge is -2.29. The van der Waals surface area contributed by atoms with Crippen molar-refractivity contribution in [3.8, 4) is 11.3 Å². The third-order valence-corrected chi connectivity index (χ3v) is 7.32. The first-order chi connectivity index (χ1) is 16.2. The molecule has 3 aliphatic heterocycles. The predicted molar refractivity (Wildman–Crippen MR) is 125 cm³/mol. The van der Waals surface area contributed by atoms with Gasteiger partial charge in [-0.15, -0.1) is 0 Å².